The third-order valence-electron chi connectivity index (χ3n) is 6.93. The van der Waals surface area contributed by atoms with Gasteiger partial charge in [0.1, 0.15) is 5.60 Å². The van der Waals surface area contributed by atoms with Crippen molar-refractivity contribution in [2.24, 2.45) is 11.8 Å². The van der Waals surface area contributed by atoms with Crippen LogP contribution in [-0.2, 0) is 5.60 Å². The normalized spacial score (nSPS) is 29.0. The fourth-order valence-corrected chi connectivity index (χ4v) is 5.44. The predicted molar refractivity (Wildman–Crippen MR) is 102 cm³/mol. The van der Waals surface area contributed by atoms with E-state index in [0.29, 0.717) is 5.92 Å². The molecule has 1 N–H and O–H groups in total. The fraction of sp³-hybridized carbons (Fsp3) is 0.478. The summed E-state index contributed by atoms with van der Waals surface area (Å²) in [5, 5.41) is 12.4. The maximum Gasteiger partial charge on any atom is 0.124 e. The third kappa shape index (κ3) is 2.63. The van der Waals surface area contributed by atoms with Gasteiger partial charge in [0.05, 0.1) is 26.7 Å². The van der Waals surface area contributed by atoms with E-state index in [1.165, 1.54) is 37.1 Å². The Kier molecular flexibility index (Phi) is 4.01. The Hall–Kier alpha value is -1.64. The number of hydrogen-bond acceptors (Lipinski definition) is 1. The second-order valence-corrected chi connectivity index (χ2v) is 8.59. The number of aryl methyl sites for hydroxylation is 2. The third-order valence-corrected chi connectivity index (χ3v) is 6.93. The Morgan fingerprint density at radius 3 is 1.80 bits per heavy atom. The minimum absolute atomic E-state index is 0.280. The van der Waals surface area contributed by atoms with Crippen LogP contribution in [-0.4, -0.2) is 36.3 Å². The molecule has 3 saturated heterocycles. The largest absolute Gasteiger partial charge is 0.380 e. The van der Waals surface area contributed by atoms with E-state index < -0.39 is 5.60 Å². The molecule has 0 saturated carbocycles. The SMILES string of the molecule is Cc1ccccc1C(O)(c1ccccc1C)[C@@H]1C[N+]2(C)CCC1CC2. The van der Waals surface area contributed by atoms with Gasteiger partial charge in [-0.2, -0.15) is 0 Å². The van der Waals surface area contributed by atoms with Crippen molar-refractivity contribution in [3.05, 3.63) is 70.8 Å². The molecule has 25 heavy (non-hydrogen) atoms. The van der Waals surface area contributed by atoms with E-state index in [2.05, 4.69) is 69.4 Å². The van der Waals surface area contributed by atoms with Gasteiger partial charge >= 0.3 is 0 Å². The van der Waals surface area contributed by atoms with Crippen molar-refractivity contribution < 1.29 is 9.59 Å². The van der Waals surface area contributed by atoms with Gasteiger partial charge in [-0.1, -0.05) is 48.5 Å². The zero-order valence-electron chi connectivity index (χ0n) is 15.7. The van der Waals surface area contributed by atoms with Crippen LogP contribution in [0.15, 0.2) is 48.5 Å². The summed E-state index contributed by atoms with van der Waals surface area (Å²) >= 11 is 0. The van der Waals surface area contributed by atoms with Crippen LogP contribution in [0.3, 0.4) is 0 Å². The molecule has 2 aromatic rings. The average molecular weight is 336 g/mol. The Morgan fingerprint density at radius 1 is 0.880 bits per heavy atom. The highest BCUT2D eigenvalue weighted by Crippen LogP contribution is 2.50. The topological polar surface area (TPSA) is 20.2 Å². The molecule has 2 aromatic carbocycles. The van der Waals surface area contributed by atoms with Crippen LogP contribution >= 0.6 is 0 Å². The number of benzene rings is 2. The molecule has 2 nitrogen and oxygen atoms in total. The van der Waals surface area contributed by atoms with Crippen LogP contribution in [0.2, 0.25) is 0 Å². The number of piperidine rings is 3. The Morgan fingerprint density at radius 2 is 1.36 bits per heavy atom. The van der Waals surface area contributed by atoms with E-state index in [4.69, 9.17) is 0 Å². The van der Waals surface area contributed by atoms with Crippen LogP contribution in [0.4, 0.5) is 0 Å². The van der Waals surface area contributed by atoms with Gasteiger partial charge in [0, 0.05) is 18.8 Å². The molecule has 0 aliphatic carbocycles. The van der Waals surface area contributed by atoms with E-state index >= 15 is 0 Å². The molecule has 3 heterocycles. The summed E-state index contributed by atoms with van der Waals surface area (Å²) in [6, 6.07) is 16.8. The molecule has 0 amide bonds. The second-order valence-electron chi connectivity index (χ2n) is 8.59. The number of rotatable bonds is 3. The van der Waals surface area contributed by atoms with E-state index in [9.17, 15) is 5.11 Å². The first-order valence-electron chi connectivity index (χ1n) is 9.62. The van der Waals surface area contributed by atoms with Gasteiger partial charge in [0.15, 0.2) is 0 Å². The minimum Gasteiger partial charge on any atom is -0.380 e. The van der Waals surface area contributed by atoms with Crippen LogP contribution in [0, 0.1) is 25.7 Å². The zero-order chi connectivity index (χ0) is 17.7. The minimum atomic E-state index is -0.901. The van der Waals surface area contributed by atoms with Gasteiger partial charge in [-0.25, -0.2) is 0 Å². The maximum atomic E-state index is 12.4. The molecule has 2 heteroatoms. The average Bonchev–Trinajstić information content (AvgIpc) is 2.62. The van der Waals surface area contributed by atoms with Crippen LogP contribution < -0.4 is 0 Å². The summed E-state index contributed by atoms with van der Waals surface area (Å²) in [6.07, 6.45) is 2.47. The maximum absolute atomic E-state index is 12.4. The summed E-state index contributed by atoms with van der Waals surface area (Å²) in [5.74, 6) is 0.895. The van der Waals surface area contributed by atoms with E-state index in [1.807, 2.05) is 0 Å². The summed E-state index contributed by atoms with van der Waals surface area (Å²) < 4.78 is 1.11. The molecule has 0 spiro atoms. The lowest BCUT2D eigenvalue weighted by atomic mass is 9.63. The van der Waals surface area contributed by atoms with E-state index in [-0.39, 0.29) is 5.92 Å². The Bertz CT molecular complexity index is 728. The van der Waals surface area contributed by atoms with Crippen LogP contribution in [0.25, 0.3) is 0 Å². The lowest BCUT2D eigenvalue weighted by molar-refractivity contribution is -0.930. The molecule has 0 aromatic heterocycles. The first-order chi connectivity index (χ1) is 11.9. The van der Waals surface area contributed by atoms with Gasteiger partial charge in [0.25, 0.3) is 0 Å². The molecule has 2 bridgehead atoms. The summed E-state index contributed by atoms with van der Waals surface area (Å²) in [5.41, 5.74) is 3.66. The molecule has 0 radical (unpaired) electrons. The van der Waals surface area contributed by atoms with Gasteiger partial charge in [-0.05, 0) is 42.0 Å². The molecule has 5 rings (SSSR count). The van der Waals surface area contributed by atoms with Crippen LogP contribution in [0.1, 0.15) is 35.1 Å². The van der Waals surface area contributed by atoms with E-state index in [1.54, 1.807) is 0 Å². The van der Waals surface area contributed by atoms with Gasteiger partial charge in [0.2, 0.25) is 0 Å². The van der Waals surface area contributed by atoms with Gasteiger partial charge in [-0.15, -0.1) is 0 Å². The van der Waals surface area contributed by atoms with Crippen molar-refractivity contribution in [2.45, 2.75) is 32.3 Å². The smallest absolute Gasteiger partial charge is 0.124 e. The monoisotopic (exact) mass is 336 g/mol. The van der Waals surface area contributed by atoms with E-state index in [0.717, 1.165) is 22.2 Å². The van der Waals surface area contributed by atoms with Crippen molar-refractivity contribution in [3.63, 3.8) is 0 Å². The van der Waals surface area contributed by atoms with Crippen molar-refractivity contribution in [3.8, 4) is 0 Å². The quantitative estimate of drug-likeness (QED) is 0.839. The van der Waals surface area contributed by atoms with Crippen molar-refractivity contribution in [1.29, 1.82) is 0 Å². The first kappa shape index (κ1) is 16.8. The van der Waals surface area contributed by atoms with Crippen molar-refractivity contribution in [2.75, 3.05) is 26.7 Å². The zero-order valence-corrected chi connectivity index (χ0v) is 15.7. The highest BCUT2D eigenvalue weighted by molar-refractivity contribution is 5.45. The van der Waals surface area contributed by atoms with Gasteiger partial charge < -0.3 is 9.59 Å². The fourth-order valence-electron chi connectivity index (χ4n) is 5.44. The molecule has 1 atom stereocenters. The van der Waals surface area contributed by atoms with Crippen molar-refractivity contribution in [1.82, 2.24) is 0 Å². The molecule has 3 aliphatic heterocycles. The number of hydrogen-bond donors (Lipinski definition) is 1. The summed E-state index contributed by atoms with van der Waals surface area (Å²) in [4.78, 5) is 0. The molecule has 3 aliphatic rings. The molecular weight excluding hydrogens is 306 g/mol. The number of nitrogens with zero attached hydrogens (tertiary/aromatic N) is 1. The highest BCUT2D eigenvalue weighted by atomic mass is 16.3. The highest BCUT2D eigenvalue weighted by Gasteiger charge is 2.54. The van der Waals surface area contributed by atoms with Gasteiger partial charge in [-0.3, -0.25) is 0 Å². The molecule has 132 valence electrons. The molecule has 0 unspecified atom stereocenters. The molecular formula is C23H30NO+. The standard InChI is InChI=1S/C23H30NO/c1-17-8-4-6-10-20(17)23(25,21-11-7-5-9-18(21)2)22-16-24(3)14-12-19(22)13-15-24/h4-11,19,22,25H,12-16H2,1-3H3/q+1/t19?,22-,24?/m1/s1. The molecule has 3 fully saturated rings. The summed E-state index contributed by atoms with van der Waals surface area (Å²) in [6.45, 7) is 7.87. The Labute approximate surface area is 151 Å². The summed E-state index contributed by atoms with van der Waals surface area (Å²) in [7, 11) is 2.37. The first-order valence-corrected chi connectivity index (χ1v) is 9.62. The predicted octanol–water partition coefficient (Wildman–Crippen LogP) is 4.03. The lowest BCUT2D eigenvalue weighted by Gasteiger charge is -2.55. The van der Waals surface area contributed by atoms with Crippen LogP contribution in [0.5, 0.6) is 0 Å². The number of fused-ring (bicyclic) bond motifs is 3. The van der Waals surface area contributed by atoms with Crippen molar-refractivity contribution >= 4 is 0 Å². The number of aliphatic hydroxyl groups is 1. The second kappa shape index (κ2) is 5.96. The number of quaternary nitrogens is 1. The lowest BCUT2D eigenvalue weighted by Crippen LogP contribution is -2.63. The Balaban J connectivity index is 1.91.